The van der Waals surface area contributed by atoms with E-state index in [9.17, 15) is 4.79 Å². The number of ether oxygens (including phenoxy) is 1. The lowest BCUT2D eigenvalue weighted by Crippen LogP contribution is -2.13. The van der Waals surface area contributed by atoms with E-state index in [1.807, 2.05) is 6.92 Å². The molecule has 2 aromatic rings. The first kappa shape index (κ1) is 15.5. The smallest absolute Gasteiger partial charge is 0.255 e. The molecule has 0 aromatic heterocycles. The zero-order valence-electron chi connectivity index (χ0n) is 11.3. The van der Waals surface area contributed by atoms with Crippen molar-refractivity contribution in [3.05, 3.63) is 52.0 Å². The number of rotatable bonds is 4. The van der Waals surface area contributed by atoms with Crippen molar-refractivity contribution in [3.63, 3.8) is 0 Å². The third kappa shape index (κ3) is 3.80. The monoisotopic (exact) mass is 324 g/mol. The van der Waals surface area contributed by atoms with Crippen molar-refractivity contribution in [2.24, 2.45) is 0 Å². The van der Waals surface area contributed by atoms with Crippen LogP contribution in [0.1, 0.15) is 17.3 Å². The van der Waals surface area contributed by atoms with Gasteiger partial charge in [0.05, 0.1) is 23.0 Å². The maximum atomic E-state index is 12.2. The number of hydrogen-bond donors (Lipinski definition) is 2. The Morgan fingerprint density at radius 3 is 2.67 bits per heavy atom. The molecular weight excluding hydrogens is 311 g/mol. The minimum Gasteiger partial charge on any atom is -0.492 e. The Hall–Kier alpha value is -1.91. The Kier molecular flexibility index (Phi) is 4.94. The Morgan fingerprint density at radius 2 is 2.00 bits per heavy atom. The molecule has 110 valence electrons. The summed E-state index contributed by atoms with van der Waals surface area (Å²) in [5, 5.41) is 3.66. The molecule has 6 heteroatoms. The molecule has 0 saturated heterocycles. The molecular formula is C15H14Cl2N2O2. The second-order valence-corrected chi connectivity index (χ2v) is 5.11. The molecule has 0 heterocycles. The van der Waals surface area contributed by atoms with Crippen LogP contribution in [0.5, 0.6) is 5.75 Å². The van der Waals surface area contributed by atoms with Crippen LogP contribution in [-0.2, 0) is 0 Å². The molecule has 3 N–H and O–H groups in total. The molecule has 0 aliphatic carbocycles. The van der Waals surface area contributed by atoms with Gasteiger partial charge in [0, 0.05) is 10.6 Å². The summed E-state index contributed by atoms with van der Waals surface area (Å²) in [6.07, 6.45) is 0. The predicted molar refractivity (Wildman–Crippen MR) is 86.4 cm³/mol. The normalized spacial score (nSPS) is 10.2. The first-order chi connectivity index (χ1) is 10.0. The molecule has 0 spiro atoms. The van der Waals surface area contributed by atoms with Crippen LogP contribution in [0.4, 0.5) is 11.4 Å². The summed E-state index contributed by atoms with van der Waals surface area (Å²) < 4.78 is 5.45. The lowest BCUT2D eigenvalue weighted by atomic mass is 10.2. The van der Waals surface area contributed by atoms with Crippen molar-refractivity contribution < 1.29 is 9.53 Å². The molecule has 0 fully saturated rings. The van der Waals surface area contributed by atoms with Gasteiger partial charge in [-0.1, -0.05) is 23.2 Å². The third-order valence-electron chi connectivity index (χ3n) is 2.75. The topological polar surface area (TPSA) is 64.3 Å². The highest BCUT2D eigenvalue weighted by Gasteiger charge is 2.11. The highest BCUT2D eigenvalue weighted by atomic mass is 35.5. The highest BCUT2D eigenvalue weighted by Crippen LogP contribution is 2.29. The number of hydrogen-bond acceptors (Lipinski definition) is 3. The number of carbonyl (C=O) groups excluding carboxylic acids is 1. The molecule has 2 aromatic carbocycles. The lowest BCUT2D eigenvalue weighted by Gasteiger charge is -2.12. The molecule has 2 rings (SSSR count). The molecule has 0 atom stereocenters. The van der Waals surface area contributed by atoms with Crippen LogP contribution in [-0.4, -0.2) is 12.5 Å². The van der Waals surface area contributed by atoms with Crippen molar-refractivity contribution >= 4 is 40.5 Å². The van der Waals surface area contributed by atoms with E-state index in [0.717, 1.165) is 0 Å². The zero-order valence-corrected chi connectivity index (χ0v) is 12.8. The second kappa shape index (κ2) is 6.70. The van der Waals surface area contributed by atoms with Crippen LogP contribution in [0.3, 0.4) is 0 Å². The van der Waals surface area contributed by atoms with Crippen molar-refractivity contribution in [1.82, 2.24) is 0 Å². The fraction of sp³-hybridized carbons (Fsp3) is 0.133. The van der Waals surface area contributed by atoms with Gasteiger partial charge in [0.15, 0.2) is 0 Å². The predicted octanol–water partition coefficient (Wildman–Crippen LogP) is 4.23. The van der Waals surface area contributed by atoms with Gasteiger partial charge in [-0.25, -0.2) is 0 Å². The number of benzene rings is 2. The molecule has 0 radical (unpaired) electrons. The van der Waals surface area contributed by atoms with E-state index in [1.54, 1.807) is 30.3 Å². The summed E-state index contributed by atoms with van der Waals surface area (Å²) in [6.45, 7) is 2.35. The van der Waals surface area contributed by atoms with Crippen LogP contribution in [0.2, 0.25) is 10.0 Å². The summed E-state index contributed by atoms with van der Waals surface area (Å²) in [5.74, 6) is 0.235. The summed E-state index contributed by atoms with van der Waals surface area (Å²) in [4.78, 5) is 12.2. The van der Waals surface area contributed by atoms with E-state index in [-0.39, 0.29) is 5.91 Å². The minimum absolute atomic E-state index is 0.318. The van der Waals surface area contributed by atoms with Crippen LogP contribution in [0.15, 0.2) is 36.4 Å². The average Bonchev–Trinajstić information content (AvgIpc) is 2.45. The Labute approximate surface area is 132 Å². The van der Waals surface area contributed by atoms with E-state index in [1.165, 1.54) is 6.07 Å². The molecule has 21 heavy (non-hydrogen) atoms. The zero-order chi connectivity index (χ0) is 15.4. The number of nitrogens with two attached hydrogens (primary N) is 1. The molecule has 4 nitrogen and oxygen atoms in total. The van der Waals surface area contributed by atoms with Crippen LogP contribution in [0.25, 0.3) is 0 Å². The van der Waals surface area contributed by atoms with Gasteiger partial charge in [-0.05, 0) is 43.3 Å². The maximum absolute atomic E-state index is 12.2. The first-order valence-corrected chi connectivity index (χ1v) is 7.05. The number of halogens is 2. The number of nitrogens with one attached hydrogen (secondary N) is 1. The SMILES string of the molecule is CCOc1ccc(Cl)cc1NC(=O)c1ccc(Cl)c(N)c1. The Bertz CT molecular complexity index is 675. The van der Waals surface area contributed by atoms with Crippen LogP contribution in [0, 0.1) is 0 Å². The van der Waals surface area contributed by atoms with Gasteiger partial charge in [0.25, 0.3) is 5.91 Å². The molecule has 0 aliphatic rings. The van der Waals surface area contributed by atoms with Crippen LogP contribution >= 0.6 is 23.2 Å². The van der Waals surface area contributed by atoms with Gasteiger partial charge in [0.2, 0.25) is 0 Å². The molecule has 1 amide bonds. The highest BCUT2D eigenvalue weighted by molar-refractivity contribution is 6.33. The summed E-state index contributed by atoms with van der Waals surface area (Å²) in [5.41, 5.74) is 6.95. The molecule has 0 unspecified atom stereocenters. The van der Waals surface area contributed by atoms with Crippen molar-refractivity contribution in [2.45, 2.75) is 6.92 Å². The van der Waals surface area contributed by atoms with E-state index < -0.39 is 0 Å². The number of nitrogen functional groups attached to an aromatic ring is 1. The van der Waals surface area contributed by atoms with E-state index in [4.69, 9.17) is 33.7 Å². The fourth-order valence-corrected chi connectivity index (χ4v) is 2.05. The van der Waals surface area contributed by atoms with Gasteiger partial charge in [-0.3, -0.25) is 4.79 Å². The number of carbonyl (C=O) groups is 1. The molecule has 0 aliphatic heterocycles. The lowest BCUT2D eigenvalue weighted by molar-refractivity contribution is 0.102. The molecule has 0 bridgehead atoms. The third-order valence-corrected chi connectivity index (χ3v) is 3.33. The van der Waals surface area contributed by atoms with Crippen molar-refractivity contribution in [3.8, 4) is 5.75 Å². The second-order valence-electron chi connectivity index (χ2n) is 4.26. The molecule has 0 saturated carbocycles. The van der Waals surface area contributed by atoms with E-state index in [2.05, 4.69) is 5.32 Å². The fourth-order valence-electron chi connectivity index (χ4n) is 1.76. The summed E-state index contributed by atoms with van der Waals surface area (Å²) in [6, 6.07) is 9.72. The standard InChI is InChI=1S/C15H14Cl2N2O2/c1-2-21-14-6-4-10(16)8-13(14)19-15(20)9-3-5-11(17)12(18)7-9/h3-8H,2,18H2,1H3,(H,19,20). The largest absolute Gasteiger partial charge is 0.492 e. The van der Waals surface area contributed by atoms with E-state index >= 15 is 0 Å². The average molecular weight is 325 g/mol. The van der Waals surface area contributed by atoms with Crippen molar-refractivity contribution in [2.75, 3.05) is 17.7 Å². The number of amides is 1. The summed E-state index contributed by atoms with van der Waals surface area (Å²) in [7, 11) is 0. The Morgan fingerprint density at radius 1 is 1.24 bits per heavy atom. The van der Waals surface area contributed by atoms with Crippen molar-refractivity contribution in [1.29, 1.82) is 0 Å². The van der Waals surface area contributed by atoms with Crippen LogP contribution < -0.4 is 15.8 Å². The quantitative estimate of drug-likeness (QED) is 0.827. The first-order valence-electron chi connectivity index (χ1n) is 6.30. The summed E-state index contributed by atoms with van der Waals surface area (Å²) >= 11 is 11.8. The number of anilines is 2. The van der Waals surface area contributed by atoms with E-state index in [0.29, 0.717) is 39.3 Å². The van der Waals surface area contributed by atoms with Gasteiger partial charge < -0.3 is 15.8 Å². The minimum atomic E-state index is -0.318. The van der Waals surface area contributed by atoms with Gasteiger partial charge in [-0.2, -0.15) is 0 Å². The maximum Gasteiger partial charge on any atom is 0.255 e. The Balaban J connectivity index is 2.26. The van der Waals surface area contributed by atoms with Gasteiger partial charge >= 0.3 is 0 Å². The van der Waals surface area contributed by atoms with Gasteiger partial charge in [0.1, 0.15) is 5.75 Å². The van der Waals surface area contributed by atoms with Gasteiger partial charge in [-0.15, -0.1) is 0 Å².